The Hall–Kier alpha value is -0.570. The molecule has 2 heterocycles. The second-order valence-electron chi connectivity index (χ2n) is 3.72. The summed E-state index contributed by atoms with van der Waals surface area (Å²) in [7, 11) is 0. The monoisotopic (exact) mass is 167 g/mol. The zero-order valence-electron chi connectivity index (χ0n) is 7.33. The van der Waals surface area contributed by atoms with Gasteiger partial charge in [-0.1, -0.05) is 0 Å². The van der Waals surface area contributed by atoms with E-state index in [1.807, 2.05) is 6.41 Å². The summed E-state index contributed by atoms with van der Waals surface area (Å²) in [5.74, 6) is 0. The van der Waals surface area contributed by atoms with E-state index in [4.69, 9.17) is 0 Å². The van der Waals surface area contributed by atoms with Gasteiger partial charge in [-0.2, -0.15) is 0 Å². The minimum absolute atomic E-state index is 0.633. The summed E-state index contributed by atoms with van der Waals surface area (Å²) < 4.78 is 0. The van der Waals surface area contributed by atoms with Gasteiger partial charge in [-0.05, 0) is 32.4 Å². The van der Waals surface area contributed by atoms with Crippen LogP contribution in [0.3, 0.4) is 0 Å². The van der Waals surface area contributed by atoms with Crippen molar-refractivity contribution in [3.8, 4) is 0 Å². The van der Waals surface area contributed by atoms with Crippen molar-refractivity contribution >= 4 is 6.41 Å². The summed E-state index contributed by atoms with van der Waals surface area (Å²) in [5, 5.41) is 0. The van der Waals surface area contributed by atoms with Crippen molar-refractivity contribution in [2.45, 2.75) is 25.3 Å². The third-order valence-corrected chi connectivity index (χ3v) is 2.95. The molecule has 3 nitrogen and oxygen atoms in total. The van der Waals surface area contributed by atoms with Crippen LogP contribution in [0.1, 0.15) is 19.3 Å². The van der Waals surface area contributed by atoms with Crippen LogP contribution in [0.5, 0.6) is 0 Å². The number of amides is 1. The number of carbonyl (C=O) groups excluding carboxylic acids is 1. The minimum atomic E-state index is 0.633. The topological polar surface area (TPSA) is 23.6 Å². The van der Waals surface area contributed by atoms with E-state index in [1.54, 1.807) is 4.90 Å². The molecule has 2 saturated heterocycles. The Bertz CT molecular complexity index is 166. The SMILES string of the molecule is O=[C]N1CC[C@H](N2CCCC2)C1. The van der Waals surface area contributed by atoms with Gasteiger partial charge in [0.25, 0.3) is 0 Å². The molecule has 0 saturated carbocycles. The zero-order valence-corrected chi connectivity index (χ0v) is 7.33. The van der Waals surface area contributed by atoms with Gasteiger partial charge < -0.3 is 4.90 Å². The van der Waals surface area contributed by atoms with E-state index in [0.717, 1.165) is 19.5 Å². The first-order valence-electron chi connectivity index (χ1n) is 4.77. The molecule has 2 aliphatic heterocycles. The molecule has 1 amide bonds. The van der Waals surface area contributed by atoms with E-state index in [1.165, 1.54) is 25.9 Å². The fourth-order valence-electron chi connectivity index (χ4n) is 2.23. The summed E-state index contributed by atoms with van der Waals surface area (Å²) in [6.45, 7) is 4.28. The summed E-state index contributed by atoms with van der Waals surface area (Å²) >= 11 is 0. The summed E-state index contributed by atoms with van der Waals surface area (Å²) in [6, 6.07) is 0.633. The van der Waals surface area contributed by atoms with Crippen molar-refractivity contribution in [2.75, 3.05) is 26.2 Å². The molecule has 2 aliphatic rings. The molecule has 0 bridgehead atoms. The maximum Gasteiger partial charge on any atom is 0.312 e. The molecule has 2 rings (SSSR count). The van der Waals surface area contributed by atoms with Gasteiger partial charge in [-0.15, -0.1) is 0 Å². The van der Waals surface area contributed by atoms with Crippen molar-refractivity contribution in [3.05, 3.63) is 0 Å². The van der Waals surface area contributed by atoms with E-state index < -0.39 is 0 Å². The van der Waals surface area contributed by atoms with Crippen molar-refractivity contribution in [2.24, 2.45) is 0 Å². The van der Waals surface area contributed by atoms with Gasteiger partial charge in [-0.25, -0.2) is 0 Å². The minimum Gasteiger partial charge on any atom is -0.333 e. The van der Waals surface area contributed by atoms with Crippen LogP contribution in [0, 0.1) is 0 Å². The Labute approximate surface area is 73.3 Å². The first-order chi connectivity index (χ1) is 5.90. The number of hydrogen-bond donors (Lipinski definition) is 0. The molecule has 3 heteroatoms. The Kier molecular flexibility index (Phi) is 2.30. The summed E-state index contributed by atoms with van der Waals surface area (Å²) in [5.41, 5.74) is 0. The van der Waals surface area contributed by atoms with Gasteiger partial charge in [0, 0.05) is 19.1 Å². The number of likely N-dealkylation sites (tertiary alicyclic amines) is 2. The van der Waals surface area contributed by atoms with E-state index in [-0.39, 0.29) is 0 Å². The quantitative estimate of drug-likeness (QED) is 0.587. The summed E-state index contributed by atoms with van der Waals surface area (Å²) in [6.07, 6.45) is 5.79. The number of rotatable bonds is 2. The third-order valence-electron chi connectivity index (χ3n) is 2.95. The Morgan fingerprint density at radius 3 is 2.50 bits per heavy atom. The van der Waals surface area contributed by atoms with Crippen molar-refractivity contribution in [1.82, 2.24) is 9.80 Å². The van der Waals surface area contributed by atoms with Crippen LogP contribution in [0.2, 0.25) is 0 Å². The summed E-state index contributed by atoms with van der Waals surface area (Å²) in [4.78, 5) is 14.6. The average Bonchev–Trinajstić information content (AvgIpc) is 2.75. The highest BCUT2D eigenvalue weighted by molar-refractivity contribution is 5.48. The molecule has 2 fully saturated rings. The largest absolute Gasteiger partial charge is 0.333 e. The van der Waals surface area contributed by atoms with E-state index in [2.05, 4.69) is 4.90 Å². The predicted octanol–water partition coefficient (Wildman–Crippen LogP) is 0.224. The molecule has 1 atom stereocenters. The Balaban J connectivity index is 1.85. The van der Waals surface area contributed by atoms with Crippen molar-refractivity contribution in [3.63, 3.8) is 0 Å². The van der Waals surface area contributed by atoms with Gasteiger partial charge in [-0.3, -0.25) is 9.69 Å². The molecule has 0 unspecified atom stereocenters. The lowest BCUT2D eigenvalue weighted by Crippen LogP contribution is -2.34. The van der Waals surface area contributed by atoms with E-state index in [9.17, 15) is 4.79 Å². The molecular formula is C9H15N2O. The standard InChI is InChI=1S/C9H15N2O/c12-8-10-6-3-9(7-10)11-4-1-2-5-11/h9H,1-7H2/t9-/m0/s1. The molecule has 12 heavy (non-hydrogen) atoms. The molecule has 0 aromatic carbocycles. The Morgan fingerprint density at radius 1 is 1.17 bits per heavy atom. The highest BCUT2D eigenvalue weighted by Crippen LogP contribution is 2.19. The first-order valence-corrected chi connectivity index (χ1v) is 4.77. The molecule has 0 aromatic rings. The number of hydrogen-bond acceptors (Lipinski definition) is 2. The second-order valence-corrected chi connectivity index (χ2v) is 3.72. The lowest BCUT2D eigenvalue weighted by molar-refractivity contribution is 0.249. The van der Waals surface area contributed by atoms with Gasteiger partial charge in [0.1, 0.15) is 0 Å². The highest BCUT2D eigenvalue weighted by Gasteiger charge is 2.28. The van der Waals surface area contributed by atoms with Gasteiger partial charge in [0.2, 0.25) is 0 Å². The van der Waals surface area contributed by atoms with Gasteiger partial charge >= 0.3 is 6.41 Å². The lowest BCUT2D eigenvalue weighted by Gasteiger charge is -2.22. The van der Waals surface area contributed by atoms with Crippen molar-refractivity contribution in [1.29, 1.82) is 0 Å². The maximum atomic E-state index is 10.3. The predicted molar refractivity (Wildman–Crippen MR) is 46.5 cm³/mol. The molecule has 0 spiro atoms. The van der Waals surface area contributed by atoms with E-state index >= 15 is 0 Å². The fourth-order valence-corrected chi connectivity index (χ4v) is 2.23. The Morgan fingerprint density at radius 2 is 1.92 bits per heavy atom. The zero-order chi connectivity index (χ0) is 8.39. The smallest absolute Gasteiger partial charge is 0.312 e. The maximum absolute atomic E-state index is 10.3. The first kappa shape index (κ1) is 8.05. The van der Waals surface area contributed by atoms with Crippen LogP contribution in [-0.4, -0.2) is 48.4 Å². The third kappa shape index (κ3) is 1.46. The molecule has 67 valence electrons. The second kappa shape index (κ2) is 3.44. The van der Waals surface area contributed by atoms with E-state index in [0.29, 0.717) is 6.04 Å². The molecule has 0 aliphatic carbocycles. The van der Waals surface area contributed by atoms with Crippen LogP contribution < -0.4 is 0 Å². The van der Waals surface area contributed by atoms with Crippen LogP contribution in [0.25, 0.3) is 0 Å². The van der Waals surface area contributed by atoms with Gasteiger partial charge in [0.15, 0.2) is 0 Å². The molecule has 1 radical (unpaired) electrons. The van der Waals surface area contributed by atoms with Gasteiger partial charge in [0.05, 0.1) is 0 Å². The lowest BCUT2D eigenvalue weighted by atomic mass is 10.2. The van der Waals surface area contributed by atoms with Crippen LogP contribution in [-0.2, 0) is 4.79 Å². The molecular weight excluding hydrogens is 152 g/mol. The molecule has 0 aromatic heterocycles. The van der Waals surface area contributed by atoms with Crippen LogP contribution in [0.15, 0.2) is 0 Å². The van der Waals surface area contributed by atoms with Crippen LogP contribution >= 0.6 is 0 Å². The highest BCUT2D eigenvalue weighted by atomic mass is 16.1. The van der Waals surface area contributed by atoms with Crippen molar-refractivity contribution < 1.29 is 4.79 Å². The average molecular weight is 167 g/mol. The van der Waals surface area contributed by atoms with Crippen LogP contribution in [0.4, 0.5) is 0 Å². The normalized spacial score (nSPS) is 31.3. The molecule has 0 N–H and O–H groups in total. The fraction of sp³-hybridized carbons (Fsp3) is 0.889. The number of nitrogens with zero attached hydrogens (tertiary/aromatic N) is 2.